The van der Waals surface area contributed by atoms with E-state index in [9.17, 15) is 0 Å². The Balaban J connectivity index is 1.97. The lowest BCUT2D eigenvalue weighted by molar-refractivity contribution is 0.305. The van der Waals surface area contributed by atoms with Crippen molar-refractivity contribution in [2.24, 2.45) is 16.3 Å². The van der Waals surface area contributed by atoms with Gasteiger partial charge in [0.05, 0.1) is 22.4 Å². The van der Waals surface area contributed by atoms with Crippen molar-refractivity contribution in [1.29, 1.82) is 0 Å². The molecule has 0 saturated carbocycles. The van der Waals surface area contributed by atoms with E-state index in [0.717, 1.165) is 36.1 Å². The van der Waals surface area contributed by atoms with Crippen LogP contribution in [-0.2, 0) is 0 Å². The number of rotatable bonds is 6. The molecule has 0 aliphatic carbocycles. The van der Waals surface area contributed by atoms with Crippen LogP contribution in [0.1, 0.15) is 26.7 Å². The van der Waals surface area contributed by atoms with E-state index in [4.69, 9.17) is 22.5 Å². The van der Waals surface area contributed by atoms with Crippen LogP contribution in [0.5, 0.6) is 0 Å². The summed E-state index contributed by atoms with van der Waals surface area (Å²) in [5.74, 6) is 0.242. The van der Waals surface area contributed by atoms with Crippen molar-refractivity contribution in [3.05, 3.63) is 17.2 Å². The van der Waals surface area contributed by atoms with Gasteiger partial charge in [0.15, 0.2) is 0 Å². The Morgan fingerprint density at radius 3 is 2.95 bits per heavy atom. The molecule has 0 amide bonds. The average Bonchev–Trinajstić information content (AvgIpc) is 2.92. The zero-order valence-corrected chi connectivity index (χ0v) is 13.5. The fraction of sp³-hybridized carbons (Fsp3) is 0.462. The molecule has 8 heteroatoms. The molecule has 0 spiro atoms. The minimum Gasteiger partial charge on any atom is -0.409 e. The van der Waals surface area contributed by atoms with Crippen molar-refractivity contribution in [2.45, 2.75) is 26.7 Å². The summed E-state index contributed by atoms with van der Waals surface area (Å²) in [5, 5.41) is 15.8. The van der Waals surface area contributed by atoms with Crippen LogP contribution >= 0.6 is 23.3 Å². The number of fused-ring (bicyclic) bond motifs is 1. The molecule has 0 aliphatic rings. The SMILES string of the molecule is CC(C)(CCCNc1c(Cl)ccc2nsnc12)C(N)=NO. The Bertz CT molecular complexity index is 655. The third-order valence-corrected chi connectivity index (χ3v) is 4.32. The van der Waals surface area contributed by atoms with Crippen LogP contribution in [0.15, 0.2) is 17.3 Å². The number of aromatic nitrogens is 2. The van der Waals surface area contributed by atoms with E-state index < -0.39 is 0 Å². The number of hydrogen-bond acceptors (Lipinski definition) is 6. The molecular weight excluding hydrogens is 310 g/mol. The summed E-state index contributed by atoms with van der Waals surface area (Å²) in [6.45, 7) is 4.61. The number of nitrogens with one attached hydrogen (secondary N) is 1. The smallest absolute Gasteiger partial charge is 0.144 e. The van der Waals surface area contributed by atoms with E-state index in [0.29, 0.717) is 5.02 Å². The van der Waals surface area contributed by atoms with Crippen LogP contribution in [0.2, 0.25) is 5.02 Å². The molecular formula is C13H18ClN5OS. The van der Waals surface area contributed by atoms with Gasteiger partial charge in [0.1, 0.15) is 16.9 Å². The van der Waals surface area contributed by atoms with Crippen LogP contribution in [0, 0.1) is 5.41 Å². The average molecular weight is 328 g/mol. The summed E-state index contributed by atoms with van der Waals surface area (Å²) < 4.78 is 8.45. The standard InChI is InChI=1S/C13H18ClN5OS/c1-13(2,12(15)17-20)6-3-7-16-10-8(14)4-5-9-11(10)19-21-18-9/h4-5,16,20H,3,6-7H2,1-2H3,(H2,15,17). The number of nitrogens with two attached hydrogens (primary N) is 1. The van der Waals surface area contributed by atoms with Crippen molar-refractivity contribution < 1.29 is 5.21 Å². The highest BCUT2D eigenvalue weighted by Crippen LogP contribution is 2.30. The van der Waals surface area contributed by atoms with Gasteiger partial charge in [-0.1, -0.05) is 30.6 Å². The van der Waals surface area contributed by atoms with Crippen molar-refractivity contribution in [3.8, 4) is 0 Å². The van der Waals surface area contributed by atoms with Gasteiger partial charge in [-0.3, -0.25) is 0 Å². The van der Waals surface area contributed by atoms with E-state index in [2.05, 4.69) is 19.2 Å². The van der Waals surface area contributed by atoms with Crippen molar-refractivity contribution in [2.75, 3.05) is 11.9 Å². The number of amidine groups is 1. The van der Waals surface area contributed by atoms with Crippen LogP contribution in [0.25, 0.3) is 11.0 Å². The summed E-state index contributed by atoms with van der Waals surface area (Å²) in [5.41, 5.74) is 7.77. The van der Waals surface area contributed by atoms with E-state index in [-0.39, 0.29) is 11.3 Å². The first-order chi connectivity index (χ1) is 9.95. The molecule has 0 bridgehead atoms. The normalized spacial score (nSPS) is 12.8. The van der Waals surface area contributed by atoms with Gasteiger partial charge in [0.2, 0.25) is 0 Å². The van der Waals surface area contributed by atoms with Crippen LogP contribution < -0.4 is 11.1 Å². The Kier molecular flexibility index (Phi) is 4.84. The largest absolute Gasteiger partial charge is 0.409 e. The monoisotopic (exact) mass is 327 g/mol. The quantitative estimate of drug-likeness (QED) is 0.249. The van der Waals surface area contributed by atoms with E-state index in [1.165, 1.54) is 11.7 Å². The third kappa shape index (κ3) is 3.54. The number of nitrogens with zero attached hydrogens (tertiary/aromatic N) is 3. The highest BCUT2D eigenvalue weighted by atomic mass is 35.5. The second-order valence-corrected chi connectivity index (χ2v) is 6.39. The predicted octanol–water partition coefficient (Wildman–Crippen LogP) is 3.31. The molecule has 0 radical (unpaired) electrons. The van der Waals surface area contributed by atoms with Crippen LogP contribution in [0.3, 0.4) is 0 Å². The minimum absolute atomic E-state index is 0.242. The summed E-state index contributed by atoms with van der Waals surface area (Å²) in [6, 6.07) is 3.67. The van der Waals surface area contributed by atoms with Crippen molar-refractivity contribution in [3.63, 3.8) is 0 Å². The molecule has 0 aliphatic heterocycles. The molecule has 1 aromatic heterocycles. The van der Waals surface area contributed by atoms with Gasteiger partial charge in [-0.05, 0) is 25.0 Å². The topological polar surface area (TPSA) is 96.4 Å². The summed E-state index contributed by atoms with van der Waals surface area (Å²) in [7, 11) is 0. The molecule has 114 valence electrons. The van der Waals surface area contributed by atoms with Gasteiger partial charge in [0, 0.05) is 12.0 Å². The summed E-state index contributed by atoms with van der Waals surface area (Å²) in [6.07, 6.45) is 1.65. The van der Waals surface area contributed by atoms with Gasteiger partial charge in [-0.2, -0.15) is 8.75 Å². The molecule has 4 N–H and O–H groups in total. The summed E-state index contributed by atoms with van der Waals surface area (Å²) in [4.78, 5) is 0. The summed E-state index contributed by atoms with van der Waals surface area (Å²) >= 11 is 7.37. The number of hydrogen-bond donors (Lipinski definition) is 3. The lowest BCUT2D eigenvalue weighted by atomic mass is 9.86. The fourth-order valence-electron chi connectivity index (χ4n) is 2.00. The molecule has 1 aromatic carbocycles. The van der Waals surface area contributed by atoms with E-state index in [1.807, 2.05) is 26.0 Å². The molecule has 1 heterocycles. The van der Waals surface area contributed by atoms with Crippen LogP contribution in [0.4, 0.5) is 5.69 Å². The maximum atomic E-state index is 8.75. The number of oxime groups is 1. The number of anilines is 1. The van der Waals surface area contributed by atoms with Crippen molar-refractivity contribution in [1.82, 2.24) is 8.75 Å². The van der Waals surface area contributed by atoms with Gasteiger partial charge >= 0.3 is 0 Å². The zero-order chi connectivity index (χ0) is 15.5. The Labute approximate surface area is 132 Å². The molecule has 2 aromatic rings. The second kappa shape index (κ2) is 6.44. The minimum atomic E-state index is -0.339. The van der Waals surface area contributed by atoms with Gasteiger partial charge < -0.3 is 16.3 Å². The predicted molar refractivity (Wildman–Crippen MR) is 87.3 cm³/mol. The van der Waals surface area contributed by atoms with Gasteiger partial charge in [-0.15, -0.1) is 0 Å². The molecule has 0 fully saturated rings. The fourth-order valence-corrected chi connectivity index (χ4v) is 2.76. The van der Waals surface area contributed by atoms with Crippen LogP contribution in [-0.4, -0.2) is 26.3 Å². The van der Waals surface area contributed by atoms with E-state index in [1.54, 1.807) is 0 Å². The lowest BCUT2D eigenvalue weighted by Gasteiger charge is -2.22. The molecule has 2 rings (SSSR count). The molecule has 0 unspecified atom stereocenters. The third-order valence-electron chi connectivity index (χ3n) is 3.46. The van der Waals surface area contributed by atoms with Gasteiger partial charge in [0.25, 0.3) is 0 Å². The first kappa shape index (κ1) is 15.8. The van der Waals surface area contributed by atoms with E-state index >= 15 is 0 Å². The lowest BCUT2D eigenvalue weighted by Crippen LogP contribution is -2.32. The Morgan fingerprint density at radius 2 is 2.24 bits per heavy atom. The zero-order valence-electron chi connectivity index (χ0n) is 11.9. The number of benzene rings is 1. The highest BCUT2D eigenvalue weighted by Gasteiger charge is 2.22. The second-order valence-electron chi connectivity index (χ2n) is 5.45. The maximum absolute atomic E-state index is 8.75. The molecule has 0 atom stereocenters. The number of halogens is 1. The van der Waals surface area contributed by atoms with Gasteiger partial charge in [-0.25, -0.2) is 0 Å². The molecule has 21 heavy (non-hydrogen) atoms. The first-order valence-corrected chi connectivity index (χ1v) is 7.69. The maximum Gasteiger partial charge on any atom is 0.144 e. The highest BCUT2D eigenvalue weighted by molar-refractivity contribution is 7.00. The first-order valence-electron chi connectivity index (χ1n) is 6.58. The Morgan fingerprint density at radius 1 is 1.48 bits per heavy atom. The Hall–Kier alpha value is -1.60. The molecule has 0 saturated heterocycles. The van der Waals surface area contributed by atoms with Crippen molar-refractivity contribution >= 4 is 45.9 Å². The molecule has 6 nitrogen and oxygen atoms in total.